The molecule has 3 fully saturated rings. The lowest BCUT2D eigenvalue weighted by Crippen LogP contribution is -2.64. The molecular weight excluding hydrogens is 1870 g/mol. The zero-order valence-electron chi connectivity index (χ0n) is 81.9. The highest BCUT2D eigenvalue weighted by molar-refractivity contribution is 6.07. The monoisotopic (exact) mass is 1980 g/mol. The summed E-state index contributed by atoms with van der Waals surface area (Å²) in [5.41, 5.74) is -1.37. The van der Waals surface area contributed by atoms with Gasteiger partial charge in [0.15, 0.2) is 17.5 Å². The quantitative estimate of drug-likeness (QED) is 0.0288. The lowest BCUT2D eigenvalue weighted by molar-refractivity contribution is -0.129. The number of hydrogen-bond acceptors (Lipinski definition) is 21. The van der Waals surface area contributed by atoms with Gasteiger partial charge >= 0.3 is 0 Å². The first kappa shape index (κ1) is 102. The molecule has 3 saturated heterocycles. The van der Waals surface area contributed by atoms with Crippen LogP contribution < -0.4 is 46.1 Å². The molecule has 6 aliphatic rings. The van der Waals surface area contributed by atoms with Gasteiger partial charge in [0.05, 0.1) is 119 Å². The van der Waals surface area contributed by atoms with Crippen molar-refractivity contribution < 1.29 is 84.5 Å². The van der Waals surface area contributed by atoms with Gasteiger partial charge in [-0.1, -0.05) is 79.5 Å². The second-order valence-electron chi connectivity index (χ2n) is 38.4. The van der Waals surface area contributed by atoms with E-state index in [4.69, 9.17) is 0 Å². The van der Waals surface area contributed by atoms with Crippen LogP contribution in [0.4, 0.5) is 73.6 Å². The molecule has 27 nitrogen and oxygen atoms in total. The van der Waals surface area contributed by atoms with Crippen molar-refractivity contribution in [2.75, 3.05) is 128 Å². The lowest BCUT2D eigenvalue weighted by Gasteiger charge is -2.52. The molecule has 0 saturated carbocycles. The number of piperazine rings is 3. The van der Waals surface area contributed by atoms with E-state index in [2.05, 4.69) is 34.7 Å². The molecule has 0 aliphatic carbocycles. The van der Waals surface area contributed by atoms with Crippen molar-refractivity contribution in [1.29, 1.82) is 0 Å². The van der Waals surface area contributed by atoms with Gasteiger partial charge in [0.2, 0.25) is 17.7 Å². The molecule has 0 unspecified atom stereocenters. The summed E-state index contributed by atoms with van der Waals surface area (Å²) in [5, 5.41) is 61.4. The lowest BCUT2D eigenvalue weighted by atomic mass is 9.94. The zero-order valence-corrected chi connectivity index (χ0v) is 81.9. The van der Waals surface area contributed by atoms with Gasteiger partial charge in [-0.05, 0) is 186 Å². The first-order valence-corrected chi connectivity index (χ1v) is 48.0. The number of phenols is 3. The highest BCUT2D eigenvalue weighted by atomic mass is 19.2. The molecule has 6 N–H and O–H groups in total. The van der Waals surface area contributed by atoms with Crippen LogP contribution in [0.3, 0.4) is 0 Å². The van der Waals surface area contributed by atoms with E-state index in [0.717, 1.165) is 54.6 Å². The Balaban J connectivity index is 0.000000155. The molecule has 36 heteroatoms. The highest BCUT2D eigenvalue weighted by Gasteiger charge is 2.49. The molecule has 18 rings (SSSR count). The molecule has 144 heavy (non-hydrogen) atoms. The first-order chi connectivity index (χ1) is 68.7. The van der Waals surface area contributed by atoms with Crippen molar-refractivity contribution in [3.63, 3.8) is 0 Å². The number of anilines is 6. The fourth-order valence-corrected chi connectivity index (χ4v) is 21.6. The van der Waals surface area contributed by atoms with Crippen molar-refractivity contribution in [3.8, 4) is 67.7 Å². The van der Waals surface area contributed by atoms with Gasteiger partial charge in [-0.3, -0.25) is 57.4 Å². The Bertz CT molecular complexity index is 6660. The van der Waals surface area contributed by atoms with Crippen LogP contribution in [0.1, 0.15) is 133 Å². The van der Waals surface area contributed by atoms with Gasteiger partial charge in [-0.25, -0.2) is 39.5 Å². The minimum absolute atomic E-state index is 0.0616. The minimum Gasteiger partial charge on any atom is -0.507 e. The Labute approximate surface area is 824 Å². The summed E-state index contributed by atoms with van der Waals surface area (Å²) in [4.78, 5) is 113. The van der Waals surface area contributed by atoms with E-state index in [9.17, 15) is 45.0 Å². The summed E-state index contributed by atoms with van der Waals surface area (Å²) in [6, 6.07) is 16.3. The van der Waals surface area contributed by atoms with Crippen LogP contribution in [0, 0.1) is 73.1 Å². The number of halogens is 9. The SMILES string of the molecule is C=CC(=O)N1C[C@@H]2CN(CCCO)c3c(c4cc(F)c(-c5c(O)cccc5F)c(F)c4n(-c4c(C)ccnc4C(C)C)c3=O)N2C[C@H]1C.C=CC(=O)N1C[C@@H]2CN(CCCO)c3c(c4cc(F)c(-c5c(O)cccc5F)c(F)c4n(-c4c(C)ccnc4C(C)C)c3=O)N2C[C@H]1C.C=CC(=O)N1C[C@@H]2CN(CCCO)c3c(c4cc(F)c(-c5c(O)cccc5F)c(F)c4n(-c4c(C)ccnc4C(C)C)c3=O)N2C[C@H]1C. The van der Waals surface area contributed by atoms with E-state index < -0.39 is 120 Å². The van der Waals surface area contributed by atoms with Crippen LogP contribution in [-0.2, 0) is 14.4 Å². The molecule has 6 aliphatic heterocycles. The van der Waals surface area contributed by atoms with Crippen molar-refractivity contribution in [3.05, 3.63) is 265 Å². The number of hydrogen-bond donors (Lipinski definition) is 6. The Morgan fingerprint density at radius 2 is 0.611 bits per heavy atom. The number of fused-ring (bicyclic) bond motifs is 15. The number of aromatic hydroxyl groups is 3. The number of carbonyl (C=O) groups excluding carboxylic acids is 3. The number of carbonyl (C=O) groups is 3. The van der Waals surface area contributed by atoms with Crippen LogP contribution in [0.15, 0.2) is 162 Å². The third kappa shape index (κ3) is 17.7. The molecule has 756 valence electrons. The van der Waals surface area contributed by atoms with Crippen LogP contribution in [0.25, 0.3) is 83.2 Å². The average molecular weight is 1990 g/mol. The maximum atomic E-state index is 17.3. The number of benzene rings is 6. The van der Waals surface area contributed by atoms with Gasteiger partial charge in [-0.2, -0.15) is 0 Å². The maximum absolute atomic E-state index is 17.3. The topological polar surface area (TPSA) is 306 Å². The number of aliphatic hydroxyl groups is 3. The molecule has 0 bridgehead atoms. The molecule has 12 heterocycles. The van der Waals surface area contributed by atoms with E-state index in [1.807, 2.05) is 91.7 Å². The highest BCUT2D eigenvalue weighted by Crippen LogP contribution is 2.53. The van der Waals surface area contributed by atoms with Crippen LogP contribution in [0.2, 0.25) is 0 Å². The van der Waals surface area contributed by atoms with Crippen molar-refractivity contribution in [1.82, 2.24) is 43.4 Å². The van der Waals surface area contributed by atoms with Crippen molar-refractivity contribution in [2.24, 2.45) is 0 Å². The van der Waals surface area contributed by atoms with Crippen LogP contribution in [-0.4, -0.2) is 226 Å². The molecule has 12 aromatic rings. The Morgan fingerprint density at radius 1 is 0.361 bits per heavy atom. The predicted molar refractivity (Wildman–Crippen MR) is 539 cm³/mol. The Morgan fingerprint density at radius 3 is 0.833 bits per heavy atom. The van der Waals surface area contributed by atoms with E-state index in [-0.39, 0.29) is 217 Å². The first-order valence-electron chi connectivity index (χ1n) is 48.0. The summed E-state index contributed by atoms with van der Waals surface area (Å²) < 4.78 is 150. The normalized spacial score (nSPS) is 17.6. The fourth-order valence-electron chi connectivity index (χ4n) is 21.6. The van der Waals surface area contributed by atoms with Crippen LogP contribution >= 0.6 is 0 Å². The number of nitrogens with zero attached hydrogens (tertiary/aromatic N) is 15. The zero-order chi connectivity index (χ0) is 104. The summed E-state index contributed by atoms with van der Waals surface area (Å²) >= 11 is 0. The Hall–Kier alpha value is -14.5. The molecule has 0 radical (unpaired) electrons. The molecule has 3 amide bonds. The second-order valence-corrected chi connectivity index (χ2v) is 38.4. The van der Waals surface area contributed by atoms with Gasteiger partial charge < -0.3 is 74.7 Å². The van der Waals surface area contributed by atoms with Crippen molar-refractivity contribution in [2.45, 2.75) is 156 Å². The van der Waals surface area contributed by atoms with E-state index in [0.29, 0.717) is 89.7 Å². The molecule has 6 aromatic heterocycles. The average Bonchev–Trinajstić information content (AvgIpc) is 0.707. The number of phenolic OH excluding ortho intramolecular Hbond substituents is 3. The third-order valence-electron chi connectivity index (χ3n) is 28.2. The maximum Gasteiger partial charge on any atom is 0.281 e. The smallest absolute Gasteiger partial charge is 0.281 e. The number of pyridine rings is 6. The van der Waals surface area contributed by atoms with Gasteiger partial charge in [0.25, 0.3) is 16.7 Å². The predicted octanol–water partition coefficient (Wildman–Crippen LogP) is 16.2. The summed E-state index contributed by atoms with van der Waals surface area (Å²) in [6.45, 7) is 35.8. The van der Waals surface area contributed by atoms with Gasteiger partial charge in [-0.15, -0.1) is 0 Å². The molecule has 0 spiro atoms. The number of rotatable bonds is 21. The third-order valence-corrected chi connectivity index (χ3v) is 28.2. The molecule has 6 atom stereocenters. The molecular formula is C108H114F9N15O12. The summed E-state index contributed by atoms with van der Waals surface area (Å²) in [5.74, 6) is -13.5. The number of amides is 3. The van der Waals surface area contributed by atoms with E-state index >= 15 is 53.9 Å². The Kier molecular flexibility index (Phi) is 29.2. The molecule has 6 aromatic carbocycles. The standard InChI is InChI=1S/3C36H38F3N5O4/c3*1-6-27(47)42-18-22-17-41(13-8-14-45)35-34(43(22)16-21(42)5)23-15-25(38)29(28-24(37)9-7-10-26(28)46)30(39)33(23)44(36(35)48)32-20(4)11-12-40-31(32)19(2)3/h3*6-7,9-12,15,19,21-22,45-46H,1,8,13-14,16-18H2,2-5H3/t3*21-,22+/m111/s1. The number of aliphatic hydroxyl groups excluding tert-OH is 3. The van der Waals surface area contributed by atoms with Gasteiger partial charge in [0, 0.05) is 151 Å². The summed E-state index contributed by atoms with van der Waals surface area (Å²) in [7, 11) is 0. The largest absolute Gasteiger partial charge is 0.507 e. The minimum atomic E-state index is -1.22. The summed E-state index contributed by atoms with van der Waals surface area (Å²) in [6.07, 6.45) is 9.47. The van der Waals surface area contributed by atoms with Crippen LogP contribution in [0.5, 0.6) is 17.2 Å². The number of aromatic nitrogens is 6. The number of aryl methyl sites for hydroxylation is 3. The second kappa shape index (κ2) is 41.1. The fraction of sp³-hybridized carbons (Fsp3) is 0.361. The van der Waals surface area contributed by atoms with E-state index in [1.165, 1.54) is 50.1 Å². The van der Waals surface area contributed by atoms with E-state index in [1.54, 1.807) is 72.3 Å². The van der Waals surface area contributed by atoms with Gasteiger partial charge in [0.1, 0.15) is 69.2 Å². The van der Waals surface area contributed by atoms with Crippen molar-refractivity contribution >= 4 is 84.6 Å².